The van der Waals surface area contributed by atoms with E-state index in [1.807, 2.05) is 0 Å². The minimum Gasteiger partial charge on any atom is -0.507 e. The summed E-state index contributed by atoms with van der Waals surface area (Å²) in [5.74, 6) is -1.23. The molecular formula is C29H29N3O7S. The monoisotopic (exact) mass is 563 g/mol. The van der Waals surface area contributed by atoms with Crippen LogP contribution in [0.5, 0.6) is 11.5 Å². The van der Waals surface area contributed by atoms with Gasteiger partial charge >= 0.3 is 0 Å². The Kier molecular flexibility index (Phi) is 7.59. The number of pyridine rings is 1. The van der Waals surface area contributed by atoms with Crippen molar-refractivity contribution in [3.8, 4) is 11.5 Å². The lowest BCUT2D eigenvalue weighted by Gasteiger charge is -2.27. The molecule has 2 aromatic carbocycles. The summed E-state index contributed by atoms with van der Waals surface area (Å²) >= 11 is 0. The van der Waals surface area contributed by atoms with Crippen LogP contribution in [0.1, 0.15) is 35.6 Å². The van der Waals surface area contributed by atoms with E-state index in [9.17, 15) is 23.1 Å². The third-order valence-electron chi connectivity index (χ3n) is 7.18. The molecule has 2 aliphatic heterocycles. The number of carbonyl (C=O) groups excluding carboxylic acids is 2. The van der Waals surface area contributed by atoms with Crippen molar-refractivity contribution in [3.63, 3.8) is 0 Å². The normalized spacial score (nSPS) is 19.2. The Bertz CT molecular complexity index is 1560. The van der Waals surface area contributed by atoms with Crippen LogP contribution < -0.4 is 9.47 Å². The van der Waals surface area contributed by atoms with E-state index in [0.717, 1.165) is 12.8 Å². The van der Waals surface area contributed by atoms with Crippen LogP contribution >= 0.6 is 0 Å². The van der Waals surface area contributed by atoms with Crippen LogP contribution in [0.25, 0.3) is 5.76 Å². The molecule has 40 heavy (non-hydrogen) atoms. The van der Waals surface area contributed by atoms with Gasteiger partial charge in [0, 0.05) is 43.2 Å². The topological polar surface area (TPSA) is 126 Å². The molecule has 3 aromatic rings. The molecule has 1 aromatic heterocycles. The summed E-state index contributed by atoms with van der Waals surface area (Å²) in [6.45, 7) is 0.979. The van der Waals surface area contributed by atoms with Gasteiger partial charge in [-0.3, -0.25) is 14.6 Å². The van der Waals surface area contributed by atoms with E-state index in [0.29, 0.717) is 35.7 Å². The van der Waals surface area contributed by atoms with Crippen molar-refractivity contribution < 1.29 is 32.6 Å². The Labute approximate surface area is 232 Å². The molecular weight excluding hydrogens is 534 g/mol. The molecule has 0 saturated carbocycles. The SMILES string of the molecule is COc1ccc(OC)c([C@H]2C(=C(O)c3ccc(S(=O)(=O)N4CCCC4)cc3)C(=O)C(=O)N2Cc2cccnc2)c1. The lowest BCUT2D eigenvalue weighted by Crippen LogP contribution is -2.29. The molecule has 3 heterocycles. The highest BCUT2D eigenvalue weighted by Gasteiger charge is 2.47. The van der Waals surface area contributed by atoms with E-state index in [1.165, 1.54) is 47.7 Å². The van der Waals surface area contributed by atoms with Gasteiger partial charge in [-0.1, -0.05) is 6.07 Å². The smallest absolute Gasteiger partial charge is 0.295 e. The van der Waals surface area contributed by atoms with Crippen molar-refractivity contribution >= 4 is 27.5 Å². The number of aliphatic hydroxyl groups is 1. The Morgan fingerprint density at radius 1 is 1.02 bits per heavy atom. The number of nitrogens with zero attached hydrogens (tertiary/aromatic N) is 3. The molecule has 0 unspecified atom stereocenters. The van der Waals surface area contributed by atoms with Gasteiger partial charge in [0.2, 0.25) is 10.0 Å². The number of hydrogen-bond donors (Lipinski definition) is 1. The highest BCUT2D eigenvalue weighted by molar-refractivity contribution is 7.89. The van der Waals surface area contributed by atoms with E-state index >= 15 is 0 Å². The Morgan fingerprint density at radius 3 is 2.38 bits per heavy atom. The maximum Gasteiger partial charge on any atom is 0.295 e. The zero-order valence-corrected chi connectivity index (χ0v) is 22.9. The lowest BCUT2D eigenvalue weighted by molar-refractivity contribution is -0.140. The number of carbonyl (C=O) groups is 2. The van der Waals surface area contributed by atoms with Crippen molar-refractivity contribution in [2.45, 2.75) is 30.3 Å². The molecule has 10 nitrogen and oxygen atoms in total. The van der Waals surface area contributed by atoms with Gasteiger partial charge in [-0.15, -0.1) is 0 Å². The van der Waals surface area contributed by atoms with Crippen molar-refractivity contribution in [2.75, 3.05) is 27.3 Å². The van der Waals surface area contributed by atoms with E-state index < -0.39 is 33.5 Å². The number of rotatable bonds is 8. The third kappa shape index (κ3) is 4.93. The molecule has 0 bridgehead atoms. The number of aliphatic hydroxyl groups excluding tert-OH is 1. The summed E-state index contributed by atoms with van der Waals surface area (Å²) in [6, 6.07) is 13.2. The number of ether oxygens (including phenoxy) is 2. The fourth-order valence-corrected chi connectivity index (χ4v) is 6.64. The van der Waals surface area contributed by atoms with Crippen molar-refractivity contribution in [2.24, 2.45) is 0 Å². The predicted molar refractivity (Wildman–Crippen MR) is 146 cm³/mol. The number of methoxy groups -OCH3 is 2. The first-order chi connectivity index (χ1) is 19.3. The first-order valence-electron chi connectivity index (χ1n) is 12.8. The van der Waals surface area contributed by atoms with Gasteiger partial charge in [0.05, 0.1) is 30.7 Å². The van der Waals surface area contributed by atoms with Crippen LogP contribution in [-0.4, -0.2) is 66.7 Å². The zero-order valence-electron chi connectivity index (χ0n) is 22.1. The average molecular weight is 564 g/mol. The number of hydrogen-bond acceptors (Lipinski definition) is 8. The molecule has 1 amide bonds. The number of aromatic nitrogens is 1. The average Bonchev–Trinajstić information content (AvgIpc) is 3.61. The number of amides is 1. The highest BCUT2D eigenvalue weighted by atomic mass is 32.2. The molecule has 1 atom stereocenters. The van der Waals surface area contributed by atoms with Crippen LogP contribution in [0.4, 0.5) is 0 Å². The quantitative estimate of drug-likeness (QED) is 0.251. The van der Waals surface area contributed by atoms with Crippen molar-refractivity contribution in [3.05, 3.63) is 89.3 Å². The molecule has 2 fully saturated rings. The predicted octanol–water partition coefficient (Wildman–Crippen LogP) is 3.51. The van der Waals surface area contributed by atoms with Crippen molar-refractivity contribution in [1.82, 2.24) is 14.2 Å². The molecule has 2 saturated heterocycles. The molecule has 5 rings (SSSR count). The molecule has 1 N–H and O–H groups in total. The molecule has 0 spiro atoms. The van der Waals surface area contributed by atoms with Gasteiger partial charge < -0.3 is 19.5 Å². The van der Waals surface area contributed by atoms with E-state index in [2.05, 4.69) is 4.98 Å². The van der Waals surface area contributed by atoms with Gasteiger partial charge in [0.25, 0.3) is 11.7 Å². The van der Waals surface area contributed by atoms with Gasteiger partial charge in [-0.05, 0) is 66.9 Å². The van der Waals surface area contributed by atoms with Crippen LogP contribution in [0.3, 0.4) is 0 Å². The van der Waals surface area contributed by atoms with Gasteiger partial charge in [0.1, 0.15) is 17.3 Å². The molecule has 2 aliphatic rings. The fourth-order valence-electron chi connectivity index (χ4n) is 5.13. The second-order valence-electron chi connectivity index (χ2n) is 9.53. The lowest BCUT2D eigenvalue weighted by atomic mass is 9.94. The summed E-state index contributed by atoms with van der Waals surface area (Å²) in [7, 11) is -0.697. The van der Waals surface area contributed by atoms with Gasteiger partial charge in [-0.25, -0.2) is 8.42 Å². The second-order valence-corrected chi connectivity index (χ2v) is 11.5. The fraction of sp³-hybridized carbons (Fsp3) is 0.276. The third-order valence-corrected chi connectivity index (χ3v) is 9.09. The Balaban J connectivity index is 1.62. The highest BCUT2D eigenvalue weighted by Crippen LogP contribution is 2.44. The maximum atomic E-state index is 13.5. The minimum absolute atomic E-state index is 0.0488. The number of ketones is 1. The Hall–Kier alpha value is -4.22. The standard InChI is InChI=1S/C29H29N3O7S/c1-38-21-9-12-24(39-2)23(16-21)26-25(28(34)29(35)32(26)18-19-6-5-13-30-17-19)27(33)20-7-10-22(11-8-20)40(36,37)31-14-3-4-15-31/h5-13,16-17,26,33H,3-4,14-15,18H2,1-2H3/t26-/m0/s1. The summed E-state index contributed by atoms with van der Waals surface area (Å²) in [6.07, 6.45) is 4.82. The van der Waals surface area contributed by atoms with E-state index in [4.69, 9.17) is 9.47 Å². The molecule has 0 aliphatic carbocycles. The van der Waals surface area contributed by atoms with E-state index in [-0.39, 0.29) is 22.6 Å². The number of likely N-dealkylation sites (tertiary alicyclic amines) is 1. The number of Topliss-reactive ketones (excluding diaryl/α,β-unsaturated/α-hetero) is 1. The number of sulfonamides is 1. The molecule has 11 heteroatoms. The molecule has 0 radical (unpaired) electrons. The largest absolute Gasteiger partial charge is 0.507 e. The van der Waals surface area contributed by atoms with Crippen LogP contribution in [0.2, 0.25) is 0 Å². The van der Waals surface area contributed by atoms with Crippen molar-refractivity contribution in [1.29, 1.82) is 0 Å². The van der Waals surface area contributed by atoms with Gasteiger partial charge in [-0.2, -0.15) is 4.31 Å². The van der Waals surface area contributed by atoms with Crippen LogP contribution in [0, 0.1) is 0 Å². The maximum absolute atomic E-state index is 13.5. The first kappa shape index (κ1) is 27.4. The minimum atomic E-state index is -3.66. The zero-order chi connectivity index (χ0) is 28.4. The summed E-state index contributed by atoms with van der Waals surface area (Å²) in [5.41, 5.74) is 1.19. The summed E-state index contributed by atoms with van der Waals surface area (Å²) < 4.78 is 38.3. The van der Waals surface area contributed by atoms with Gasteiger partial charge in [0.15, 0.2) is 0 Å². The summed E-state index contributed by atoms with van der Waals surface area (Å²) in [4.78, 5) is 32.4. The van der Waals surface area contributed by atoms with E-state index in [1.54, 1.807) is 42.7 Å². The first-order valence-corrected chi connectivity index (χ1v) is 14.2. The van der Waals surface area contributed by atoms with Crippen LogP contribution in [-0.2, 0) is 26.2 Å². The second kappa shape index (κ2) is 11.1. The molecule has 208 valence electrons. The Morgan fingerprint density at radius 2 is 1.75 bits per heavy atom. The van der Waals surface area contributed by atoms with Crippen LogP contribution in [0.15, 0.2) is 77.5 Å². The number of benzene rings is 2. The summed E-state index contributed by atoms with van der Waals surface area (Å²) in [5, 5.41) is 11.5.